The number of aryl methyl sites for hydroxylation is 1. The molecular formula is C38H44N4O8. The van der Waals surface area contributed by atoms with Crippen LogP contribution in [0.3, 0.4) is 0 Å². The molecule has 0 radical (unpaired) electrons. The average molecular weight is 685 g/mol. The molecule has 50 heavy (non-hydrogen) atoms. The van der Waals surface area contributed by atoms with Gasteiger partial charge in [-0.3, -0.25) is 14.4 Å². The Morgan fingerprint density at radius 2 is 1.70 bits per heavy atom. The molecule has 2 amide bonds. The van der Waals surface area contributed by atoms with Crippen molar-refractivity contribution >= 4 is 34.4 Å². The molecular weight excluding hydrogens is 640 g/mol. The Balaban J connectivity index is 1.54. The molecule has 1 aliphatic rings. The Hall–Kier alpha value is -5.52. The first kappa shape index (κ1) is 35.8. The molecule has 0 fully saturated rings. The fraction of sp³-hybridized carbons (Fsp3) is 0.368. The fourth-order valence-corrected chi connectivity index (χ4v) is 6.65. The van der Waals surface area contributed by atoms with E-state index in [2.05, 4.69) is 20.9 Å². The summed E-state index contributed by atoms with van der Waals surface area (Å²) in [6.45, 7) is 5.13. The fourth-order valence-electron chi connectivity index (χ4n) is 6.65. The first-order valence-corrected chi connectivity index (χ1v) is 16.5. The molecule has 12 nitrogen and oxygen atoms in total. The van der Waals surface area contributed by atoms with Gasteiger partial charge in [0.25, 0.3) is 0 Å². The van der Waals surface area contributed by atoms with Gasteiger partial charge >= 0.3 is 5.97 Å². The second kappa shape index (κ2) is 15.4. The number of carbonyl (C=O) groups is 3. The van der Waals surface area contributed by atoms with Crippen molar-refractivity contribution in [2.45, 2.75) is 58.2 Å². The third kappa shape index (κ3) is 7.24. The minimum atomic E-state index is -0.973. The van der Waals surface area contributed by atoms with Gasteiger partial charge in [-0.15, -0.1) is 0 Å². The highest BCUT2D eigenvalue weighted by molar-refractivity contribution is 5.91. The number of hydrogen-bond acceptors (Lipinski definition) is 9. The summed E-state index contributed by atoms with van der Waals surface area (Å²) in [7, 11) is 5.89. The lowest BCUT2D eigenvalue weighted by Gasteiger charge is -2.25. The van der Waals surface area contributed by atoms with Crippen LogP contribution >= 0.6 is 0 Å². The number of aromatic amines is 1. The standard InChI is InChI=1S/C38H44N4O8/c1-20(2)34(37(45)42-30(38(46)50-7)16-23-19-39-27-11-9-8-10-24(23)27)41-29-15-13-25-26(18-31(29)44)28(40-21(3)43)14-12-22-17-32(47-4)35(48-5)36(49-6)33(22)25/h8-11,13,15,17-20,28,30,34,39H,12,14,16H2,1-7H3,(H,40,43)(H,41,44)(H,42,45)/t28-,30-,34-/m1/s1. The lowest BCUT2D eigenvalue weighted by Crippen LogP contribution is -2.51. The first-order chi connectivity index (χ1) is 24.0. The van der Waals surface area contributed by atoms with Crippen molar-refractivity contribution in [3.05, 3.63) is 81.6 Å². The molecule has 0 saturated carbocycles. The molecule has 1 heterocycles. The van der Waals surface area contributed by atoms with E-state index in [9.17, 15) is 19.2 Å². The number of carbonyl (C=O) groups excluding carboxylic acids is 3. The van der Waals surface area contributed by atoms with Crippen molar-refractivity contribution < 1.29 is 33.3 Å². The van der Waals surface area contributed by atoms with Crippen LogP contribution < -0.4 is 35.6 Å². The van der Waals surface area contributed by atoms with Crippen LogP contribution in [0.2, 0.25) is 0 Å². The van der Waals surface area contributed by atoms with Crippen LogP contribution in [0.25, 0.3) is 22.0 Å². The monoisotopic (exact) mass is 684 g/mol. The Morgan fingerprint density at radius 3 is 2.36 bits per heavy atom. The number of fused-ring (bicyclic) bond motifs is 4. The van der Waals surface area contributed by atoms with Gasteiger partial charge in [0.2, 0.25) is 23.0 Å². The number of nitrogens with one attached hydrogen (secondary N) is 4. The number of benzene rings is 2. The van der Waals surface area contributed by atoms with E-state index in [1.54, 1.807) is 19.2 Å². The lowest BCUT2D eigenvalue weighted by molar-refractivity contribution is -0.145. The Bertz CT molecular complexity index is 1970. The molecule has 0 bridgehead atoms. The molecule has 0 unspecified atom stereocenters. The zero-order valence-electron chi connectivity index (χ0n) is 29.4. The van der Waals surface area contributed by atoms with E-state index in [-0.39, 0.29) is 29.4 Å². The van der Waals surface area contributed by atoms with Crippen LogP contribution in [0.15, 0.2) is 59.5 Å². The van der Waals surface area contributed by atoms with Crippen LogP contribution in [-0.4, -0.2) is 63.3 Å². The van der Waals surface area contributed by atoms with Gasteiger partial charge in [0.1, 0.15) is 12.1 Å². The predicted octanol–water partition coefficient (Wildman–Crippen LogP) is 4.68. The Labute approximate surface area is 290 Å². The molecule has 264 valence electrons. The Morgan fingerprint density at radius 1 is 0.960 bits per heavy atom. The van der Waals surface area contributed by atoms with Crippen molar-refractivity contribution in [2.75, 3.05) is 33.8 Å². The number of aromatic nitrogens is 1. The third-order valence-corrected chi connectivity index (χ3v) is 9.08. The van der Waals surface area contributed by atoms with Gasteiger partial charge in [0, 0.05) is 36.0 Å². The largest absolute Gasteiger partial charge is 0.493 e. The second-order valence-electron chi connectivity index (χ2n) is 12.6. The topological polar surface area (TPSA) is 157 Å². The first-order valence-electron chi connectivity index (χ1n) is 16.5. The summed E-state index contributed by atoms with van der Waals surface area (Å²) in [4.78, 5) is 56.3. The summed E-state index contributed by atoms with van der Waals surface area (Å²) in [6.07, 6.45) is 3.08. The Kier molecular flexibility index (Phi) is 11.0. The van der Waals surface area contributed by atoms with Crippen molar-refractivity contribution in [3.63, 3.8) is 0 Å². The van der Waals surface area contributed by atoms with E-state index in [0.717, 1.165) is 22.0 Å². The third-order valence-electron chi connectivity index (χ3n) is 9.08. The summed E-state index contributed by atoms with van der Waals surface area (Å²) in [5.74, 6) is -0.255. The SMILES string of the molecule is COC(=O)[C@@H](Cc1c[nH]c2ccccc12)NC(=O)[C@H](Nc1ccc2c(cc1=O)[C@H](NC(C)=O)CCc1cc(OC)c(OC)c(OC)c1-2)C(C)C. The maximum atomic E-state index is 14.0. The lowest BCUT2D eigenvalue weighted by atomic mass is 9.95. The molecule has 3 atom stereocenters. The summed E-state index contributed by atoms with van der Waals surface area (Å²) in [6, 6.07) is 12.1. The molecule has 12 heteroatoms. The number of ether oxygens (including phenoxy) is 4. The van der Waals surface area contributed by atoms with E-state index in [0.29, 0.717) is 46.8 Å². The summed E-state index contributed by atoms with van der Waals surface area (Å²) < 4.78 is 22.2. The quantitative estimate of drug-likeness (QED) is 0.156. The summed E-state index contributed by atoms with van der Waals surface area (Å²) >= 11 is 0. The molecule has 3 aromatic carbocycles. The van der Waals surface area contributed by atoms with Crippen LogP contribution in [0, 0.1) is 5.92 Å². The second-order valence-corrected chi connectivity index (χ2v) is 12.6. The van der Waals surface area contributed by atoms with Crippen molar-refractivity contribution in [2.24, 2.45) is 5.92 Å². The summed E-state index contributed by atoms with van der Waals surface area (Å²) in [5, 5.41) is 9.96. The van der Waals surface area contributed by atoms with Gasteiger partial charge in [0.15, 0.2) is 11.5 Å². The highest BCUT2D eigenvalue weighted by Gasteiger charge is 2.32. The van der Waals surface area contributed by atoms with Crippen LogP contribution in [0.5, 0.6) is 17.2 Å². The number of amides is 2. The minimum Gasteiger partial charge on any atom is -0.493 e. The maximum Gasteiger partial charge on any atom is 0.328 e. The van der Waals surface area contributed by atoms with Gasteiger partial charge in [-0.1, -0.05) is 38.1 Å². The molecule has 0 spiro atoms. The van der Waals surface area contributed by atoms with E-state index < -0.39 is 30.0 Å². The van der Waals surface area contributed by atoms with Crippen molar-refractivity contribution in [1.82, 2.24) is 15.6 Å². The average Bonchev–Trinajstić information content (AvgIpc) is 3.36. The van der Waals surface area contributed by atoms with Crippen molar-refractivity contribution in [3.8, 4) is 28.4 Å². The molecule has 1 aliphatic carbocycles. The van der Waals surface area contributed by atoms with Gasteiger partial charge < -0.3 is 39.9 Å². The highest BCUT2D eigenvalue weighted by Crippen LogP contribution is 2.50. The molecule has 0 saturated heterocycles. The van der Waals surface area contributed by atoms with Gasteiger partial charge in [-0.05, 0) is 65.3 Å². The minimum absolute atomic E-state index is 0.167. The zero-order valence-corrected chi connectivity index (χ0v) is 29.4. The van der Waals surface area contributed by atoms with Gasteiger partial charge in [0.05, 0.1) is 40.2 Å². The number of H-pyrrole nitrogens is 1. The van der Waals surface area contributed by atoms with Crippen LogP contribution in [0.4, 0.5) is 5.69 Å². The smallest absolute Gasteiger partial charge is 0.328 e. The number of rotatable bonds is 12. The van der Waals surface area contributed by atoms with E-state index in [4.69, 9.17) is 18.9 Å². The van der Waals surface area contributed by atoms with Crippen molar-refractivity contribution in [1.29, 1.82) is 0 Å². The van der Waals surface area contributed by atoms with E-state index in [1.807, 2.05) is 50.4 Å². The summed E-state index contributed by atoms with van der Waals surface area (Å²) in [5.41, 5.74) is 4.41. The van der Waals surface area contributed by atoms with Gasteiger partial charge in [-0.25, -0.2) is 4.79 Å². The molecule has 1 aromatic heterocycles. The van der Waals surface area contributed by atoms with E-state index >= 15 is 0 Å². The number of anilines is 1. The van der Waals surface area contributed by atoms with Crippen LogP contribution in [0.1, 0.15) is 49.9 Å². The predicted molar refractivity (Wildman–Crippen MR) is 191 cm³/mol. The molecule has 0 aliphatic heterocycles. The number of methoxy groups -OCH3 is 4. The van der Waals surface area contributed by atoms with E-state index in [1.165, 1.54) is 34.3 Å². The number of esters is 1. The van der Waals surface area contributed by atoms with Crippen LogP contribution in [-0.2, 0) is 32.0 Å². The maximum absolute atomic E-state index is 14.0. The zero-order chi connectivity index (χ0) is 36.1. The molecule has 5 rings (SSSR count). The molecule has 4 N–H and O–H groups in total. The number of para-hydroxylation sites is 1. The number of hydrogen-bond donors (Lipinski definition) is 4. The highest BCUT2D eigenvalue weighted by atomic mass is 16.5. The molecule has 4 aromatic rings. The van der Waals surface area contributed by atoms with Gasteiger partial charge in [-0.2, -0.15) is 0 Å². The normalized spacial score (nSPS) is 14.8.